The zero-order valence-electron chi connectivity index (χ0n) is 10.8. The molecule has 1 rings (SSSR count). The average Bonchev–Trinajstić information content (AvgIpc) is 2.37. The third-order valence-corrected chi connectivity index (χ3v) is 3.89. The van der Waals surface area contributed by atoms with E-state index in [0.29, 0.717) is 6.54 Å². The van der Waals surface area contributed by atoms with Gasteiger partial charge in [-0.3, -0.25) is 4.79 Å². The number of nitrogens with two attached hydrogens (primary N) is 1. The molecule has 0 atom stereocenters. The van der Waals surface area contributed by atoms with Gasteiger partial charge >= 0.3 is 0 Å². The van der Waals surface area contributed by atoms with Gasteiger partial charge in [-0.05, 0) is 12.1 Å². The third kappa shape index (κ3) is 5.29. The maximum absolute atomic E-state index is 11.8. The molecule has 1 heterocycles. The molecule has 112 valence electrons. The van der Waals surface area contributed by atoms with E-state index in [1.165, 1.54) is 12.1 Å². The molecule has 1 amide bonds. The van der Waals surface area contributed by atoms with Crippen molar-refractivity contribution in [3.63, 3.8) is 0 Å². The van der Waals surface area contributed by atoms with E-state index in [1.807, 2.05) is 0 Å². The number of hydrogen-bond acceptors (Lipinski definition) is 6. The van der Waals surface area contributed by atoms with Crippen molar-refractivity contribution < 1.29 is 13.2 Å². The molecule has 1 aromatic rings. The van der Waals surface area contributed by atoms with Crippen LogP contribution in [0.5, 0.6) is 0 Å². The number of halogens is 1. The molecule has 20 heavy (non-hydrogen) atoms. The van der Waals surface area contributed by atoms with Crippen molar-refractivity contribution >= 4 is 33.3 Å². The molecule has 0 saturated heterocycles. The van der Waals surface area contributed by atoms with E-state index >= 15 is 0 Å². The highest BCUT2D eigenvalue weighted by atomic mass is 35.5. The van der Waals surface area contributed by atoms with Crippen LogP contribution < -0.4 is 21.3 Å². The Hall–Kier alpha value is -1.42. The van der Waals surface area contributed by atoms with Gasteiger partial charge in [0.15, 0.2) is 0 Å². The van der Waals surface area contributed by atoms with E-state index in [-0.39, 0.29) is 28.8 Å². The summed E-state index contributed by atoms with van der Waals surface area (Å²) in [6.45, 7) is 1.97. The lowest BCUT2D eigenvalue weighted by atomic mass is 10.2. The lowest BCUT2D eigenvalue weighted by Gasteiger charge is -2.08. The number of rotatable bonds is 7. The molecule has 5 N–H and O–H groups in total. The molecule has 0 aromatic carbocycles. The van der Waals surface area contributed by atoms with Gasteiger partial charge in [0.1, 0.15) is 11.0 Å². The minimum absolute atomic E-state index is 0.0144. The number of hydrazine groups is 1. The number of pyridine rings is 1. The monoisotopic (exact) mass is 321 g/mol. The zero-order chi connectivity index (χ0) is 15.2. The standard InChI is InChI=1S/C10H16ClN5O3S/c1-2-14-20(18,19)4-3-13-10(17)7-5-8(11)15-9(6-7)16-12/h5-6,14H,2-4,12H2,1H3,(H,13,17)(H,15,16). The van der Waals surface area contributed by atoms with Crippen molar-refractivity contribution in [3.8, 4) is 0 Å². The summed E-state index contributed by atoms with van der Waals surface area (Å²) in [6, 6.07) is 2.76. The van der Waals surface area contributed by atoms with E-state index in [4.69, 9.17) is 17.4 Å². The first-order valence-electron chi connectivity index (χ1n) is 5.77. The number of nitrogen functional groups attached to an aromatic ring is 1. The predicted molar refractivity (Wildman–Crippen MR) is 76.9 cm³/mol. The van der Waals surface area contributed by atoms with Gasteiger partial charge in [0.25, 0.3) is 5.91 Å². The largest absolute Gasteiger partial charge is 0.351 e. The molecule has 0 spiro atoms. The molecule has 1 aromatic heterocycles. The van der Waals surface area contributed by atoms with Crippen molar-refractivity contribution in [1.82, 2.24) is 15.0 Å². The summed E-state index contributed by atoms with van der Waals surface area (Å²) in [4.78, 5) is 15.6. The Morgan fingerprint density at radius 1 is 1.45 bits per heavy atom. The van der Waals surface area contributed by atoms with E-state index in [2.05, 4.69) is 20.4 Å². The van der Waals surface area contributed by atoms with E-state index < -0.39 is 15.9 Å². The Morgan fingerprint density at radius 3 is 2.75 bits per heavy atom. The lowest BCUT2D eigenvalue weighted by molar-refractivity contribution is 0.0956. The molecule has 0 radical (unpaired) electrons. The highest BCUT2D eigenvalue weighted by Gasteiger charge is 2.12. The van der Waals surface area contributed by atoms with Crippen LogP contribution >= 0.6 is 11.6 Å². The molecule has 0 saturated carbocycles. The number of nitrogens with one attached hydrogen (secondary N) is 3. The maximum atomic E-state index is 11.8. The van der Waals surface area contributed by atoms with Crippen LogP contribution in [0.25, 0.3) is 0 Å². The summed E-state index contributed by atoms with van der Waals surface area (Å²) in [6.07, 6.45) is 0. The van der Waals surface area contributed by atoms with Crippen molar-refractivity contribution in [1.29, 1.82) is 0 Å². The third-order valence-electron chi connectivity index (χ3n) is 2.22. The number of nitrogens with zero attached hydrogens (tertiary/aromatic N) is 1. The van der Waals surface area contributed by atoms with Crippen LogP contribution in [0.2, 0.25) is 5.15 Å². The fourth-order valence-electron chi connectivity index (χ4n) is 1.40. The second-order valence-electron chi connectivity index (χ2n) is 3.78. The molecule has 0 bridgehead atoms. The van der Waals surface area contributed by atoms with Crippen LogP contribution in [0.3, 0.4) is 0 Å². The van der Waals surface area contributed by atoms with E-state index in [9.17, 15) is 13.2 Å². The summed E-state index contributed by atoms with van der Waals surface area (Å²) in [5.74, 6) is 4.77. The highest BCUT2D eigenvalue weighted by Crippen LogP contribution is 2.13. The van der Waals surface area contributed by atoms with Crippen molar-refractivity contribution in [2.24, 2.45) is 5.84 Å². The first-order valence-corrected chi connectivity index (χ1v) is 7.80. The van der Waals surface area contributed by atoms with E-state index in [0.717, 1.165) is 0 Å². The zero-order valence-corrected chi connectivity index (χ0v) is 12.4. The van der Waals surface area contributed by atoms with Crippen molar-refractivity contribution in [2.75, 3.05) is 24.3 Å². The summed E-state index contributed by atoms with van der Waals surface area (Å²) in [5.41, 5.74) is 2.51. The highest BCUT2D eigenvalue weighted by molar-refractivity contribution is 7.89. The predicted octanol–water partition coefficient (Wildman–Crippen LogP) is -0.310. The first-order chi connectivity index (χ1) is 9.38. The number of sulfonamides is 1. The first kappa shape index (κ1) is 16.6. The molecule has 0 aliphatic rings. The second kappa shape index (κ2) is 7.39. The minimum Gasteiger partial charge on any atom is -0.351 e. The van der Waals surface area contributed by atoms with Crippen molar-refractivity contribution in [2.45, 2.75) is 6.92 Å². The Labute approximate surface area is 122 Å². The van der Waals surface area contributed by atoms with Gasteiger partial charge in [0, 0.05) is 18.7 Å². The molecule has 0 fully saturated rings. The minimum atomic E-state index is -3.37. The van der Waals surface area contributed by atoms with Crippen LogP contribution in [0.4, 0.5) is 5.82 Å². The van der Waals surface area contributed by atoms with Crippen LogP contribution in [0.15, 0.2) is 12.1 Å². The van der Waals surface area contributed by atoms with Crippen LogP contribution in [-0.2, 0) is 10.0 Å². The quantitative estimate of drug-likeness (QED) is 0.310. The number of anilines is 1. The fourth-order valence-corrected chi connectivity index (χ4v) is 2.56. The molecule has 8 nitrogen and oxygen atoms in total. The van der Waals surface area contributed by atoms with Gasteiger partial charge < -0.3 is 10.7 Å². The number of carbonyl (C=O) groups excluding carboxylic acids is 1. The van der Waals surface area contributed by atoms with Crippen LogP contribution in [0, 0.1) is 0 Å². The summed E-state index contributed by atoms with van der Waals surface area (Å²) < 4.78 is 25.1. The Kier molecular flexibility index (Phi) is 6.14. The maximum Gasteiger partial charge on any atom is 0.251 e. The number of amides is 1. The van der Waals surface area contributed by atoms with Gasteiger partial charge in [-0.25, -0.2) is 24.0 Å². The van der Waals surface area contributed by atoms with Gasteiger partial charge in [-0.2, -0.15) is 0 Å². The topological polar surface area (TPSA) is 126 Å². The van der Waals surface area contributed by atoms with Crippen LogP contribution in [0.1, 0.15) is 17.3 Å². The SMILES string of the molecule is CCNS(=O)(=O)CCNC(=O)c1cc(Cl)nc(NN)c1. The lowest BCUT2D eigenvalue weighted by Crippen LogP contribution is -2.34. The number of hydrogen-bond donors (Lipinski definition) is 4. The van der Waals surface area contributed by atoms with Crippen LogP contribution in [-0.4, -0.2) is 38.2 Å². The number of aromatic nitrogens is 1. The summed E-state index contributed by atoms with van der Waals surface area (Å²) in [7, 11) is -3.37. The Balaban J connectivity index is 2.62. The van der Waals surface area contributed by atoms with Gasteiger partial charge in [0.05, 0.1) is 5.75 Å². The van der Waals surface area contributed by atoms with Gasteiger partial charge in [0.2, 0.25) is 10.0 Å². The second-order valence-corrected chi connectivity index (χ2v) is 6.09. The Bertz CT molecular complexity index is 578. The van der Waals surface area contributed by atoms with Gasteiger partial charge in [-0.1, -0.05) is 18.5 Å². The molecular formula is C10H16ClN5O3S. The normalized spacial score (nSPS) is 11.2. The smallest absolute Gasteiger partial charge is 0.251 e. The molecule has 10 heteroatoms. The van der Waals surface area contributed by atoms with Crippen molar-refractivity contribution in [3.05, 3.63) is 22.8 Å². The Morgan fingerprint density at radius 2 is 2.15 bits per heavy atom. The summed E-state index contributed by atoms with van der Waals surface area (Å²) >= 11 is 5.73. The van der Waals surface area contributed by atoms with Gasteiger partial charge in [-0.15, -0.1) is 0 Å². The number of carbonyl (C=O) groups is 1. The average molecular weight is 322 g/mol. The molecule has 0 aliphatic heterocycles. The summed E-state index contributed by atoms with van der Waals surface area (Å²) in [5, 5.41) is 2.58. The van der Waals surface area contributed by atoms with E-state index in [1.54, 1.807) is 6.92 Å². The molecule has 0 unspecified atom stereocenters. The molecule has 0 aliphatic carbocycles. The fraction of sp³-hybridized carbons (Fsp3) is 0.400. The molecular weight excluding hydrogens is 306 g/mol.